The van der Waals surface area contributed by atoms with E-state index in [2.05, 4.69) is 5.10 Å². The van der Waals surface area contributed by atoms with Gasteiger partial charge in [-0.3, -0.25) is 0 Å². The minimum atomic E-state index is -0.970. The van der Waals surface area contributed by atoms with Crippen molar-refractivity contribution >= 4 is 5.97 Å². The quantitative estimate of drug-likeness (QED) is 0.923. The summed E-state index contributed by atoms with van der Waals surface area (Å²) < 4.78 is 14.8. The molecule has 2 aromatic rings. The maximum absolute atomic E-state index is 13.3. The Kier molecular flexibility index (Phi) is 2.62. The fourth-order valence-corrected chi connectivity index (χ4v) is 2.29. The van der Waals surface area contributed by atoms with Crippen molar-refractivity contribution in [2.24, 2.45) is 0 Å². The second-order valence-electron chi connectivity index (χ2n) is 4.82. The first-order valence-corrected chi connectivity index (χ1v) is 6.16. The molecule has 98 valence electrons. The molecule has 1 aliphatic rings. The zero-order valence-corrected chi connectivity index (χ0v) is 10.4. The number of rotatable bonds is 3. The molecule has 1 saturated carbocycles. The van der Waals surface area contributed by atoms with Crippen molar-refractivity contribution in [2.75, 3.05) is 0 Å². The molecule has 0 atom stereocenters. The number of carboxylic acids is 1. The zero-order chi connectivity index (χ0) is 13.6. The number of aromatic nitrogens is 2. The summed E-state index contributed by atoms with van der Waals surface area (Å²) in [5.74, 6) is -1.10. The topological polar surface area (TPSA) is 55.1 Å². The lowest BCUT2D eigenvalue weighted by molar-refractivity contribution is 0.0695. The van der Waals surface area contributed by atoms with E-state index in [1.165, 1.54) is 16.8 Å². The number of hydrogen-bond donors (Lipinski definition) is 1. The molecule has 19 heavy (non-hydrogen) atoms. The Balaban J connectivity index is 2.17. The highest BCUT2D eigenvalue weighted by Gasteiger charge is 2.33. The molecule has 0 unspecified atom stereocenters. The molecule has 0 radical (unpaired) electrons. The van der Waals surface area contributed by atoms with Gasteiger partial charge < -0.3 is 5.11 Å². The normalized spacial score (nSPS) is 14.6. The van der Waals surface area contributed by atoms with Gasteiger partial charge in [-0.25, -0.2) is 13.9 Å². The summed E-state index contributed by atoms with van der Waals surface area (Å²) in [6.07, 6.45) is 1.94. The zero-order valence-electron chi connectivity index (χ0n) is 10.4. The van der Waals surface area contributed by atoms with E-state index < -0.39 is 5.97 Å². The van der Waals surface area contributed by atoms with E-state index >= 15 is 0 Å². The molecular formula is C14H13FN2O2. The summed E-state index contributed by atoms with van der Waals surface area (Å²) in [4.78, 5) is 11.4. The molecule has 0 aliphatic heterocycles. The third-order valence-electron chi connectivity index (χ3n) is 3.37. The second-order valence-corrected chi connectivity index (χ2v) is 4.82. The molecule has 0 saturated heterocycles. The fourth-order valence-electron chi connectivity index (χ4n) is 2.29. The molecule has 0 spiro atoms. The van der Waals surface area contributed by atoms with Crippen LogP contribution in [0.4, 0.5) is 4.39 Å². The summed E-state index contributed by atoms with van der Waals surface area (Å²) >= 11 is 0. The van der Waals surface area contributed by atoms with Gasteiger partial charge in [0.05, 0.1) is 17.1 Å². The first-order valence-electron chi connectivity index (χ1n) is 6.16. The first kappa shape index (κ1) is 11.9. The summed E-state index contributed by atoms with van der Waals surface area (Å²) in [5, 5.41) is 13.7. The lowest BCUT2D eigenvalue weighted by Gasteiger charge is -2.04. The van der Waals surface area contributed by atoms with E-state index in [1.807, 2.05) is 0 Å². The smallest absolute Gasteiger partial charge is 0.339 e. The van der Waals surface area contributed by atoms with E-state index in [4.69, 9.17) is 0 Å². The van der Waals surface area contributed by atoms with Crippen molar-refractivity contribution in [3.63, 3.8) is 0 Å². The maximum Gasteiger partial charge on any atom is 0.339 e. The van der Waals surface area contributed by atoms with Gasteiger partial charge in [-0.05, 0) is 38.0 Å². The third kappa shape index (κ3) is 2.01. The predicted molar refractivity (Wildman–Crippen MR) is 67.2 cm³/mol. The van der Waals surface area contributed by atoms with E-state index in [1.54, 1.807) is 19.1 Å². The molecular weight excluding hydrogens is 247 g/mol. The van der Waals surface area contributed by atoms with Gasteiger partial charge in [-0.2, -0.15) is 5.10 Å². The van der Waals surface area contributed by atoms with Crippen molar-refractivity contribution in [1.29, 1.82) is 0 Å². The van der Waals surface area contributed by atoms with E-state index in [0.717, 1.165) is 12.8 Å². The van der Waals surface area contributed by atoms with Crippen LogP contribution in [-0.4, -0.2) is 20.9 Å². The number of carbonyl (C=O) groups is 1. The first-order chi connectivity index (χ1) is 9.08. The minimum absolute atomic E-state index is 0.236. The molecule has 1 aromatic heterocycles. The average Bonchev–Trinajstić information content (AvgIpc) is 3.13. The summed E-state index contributed by atoms with van der Waals surface area (Å²) in [5.41, 5.74) is 1.97. The Morgan fingerprint density at radius 2 is 2.21 bits per heavy atom. The Morgan fingerprint density at radius 3 is 2.79 bits per heavy atom. The van der Waals surface area contributed by atoms with Gasteiger partial charge in [0, 0.05) is 5.92 Å². The molecule has 4 nitrogen and oxygen atoms in total. The van der Waals surface area contributed by atoms with Crippen LogP contribution in [0.3, 0.4) is 0 Å². The molecule has 1 heterocycles. The van der Waals surface area contributed by atoms with Crippen LogP contribution in [0.15, 0.2) is 24.3 Å². The van der Waals surface area contributed by atoms with Gasteiger partial charge in [0.2, 0.25) is 0 Å². The largest absolute Gasteiger partial charge is 0.478 e. The molecule has 1 aromatic carbocycles. The van der Waals surface area contributed by atoms with Crippen molar-refractivity contribution in [1.82, 2.24) is 9.78 Å². The van der Waals surface area contributed by atoms with Crippen molar-refractivity contribution in [3.05, 3.63) is 47.0 Å². The lowest BCUT2D eigenvalue weighted by Crippen LogP contribution is -2.03. The standard InChI is InChI=1S/C14H13FN2O2/c1-8-12(14(18)19)13(9-5-6-9)16-17(8)11-4-2-3-10(15)7-11/h2-4,7,9H,5-6H2,1H3,(H,18,19). The predicted octanol–water partition coefficient (Wildman–Crippen LogP) is 2.90. The fraction of sp³-hybridized carbons (Fsp3) is 0.286. The number of carboxylic acid groups (broad SMARTS) is 1. The van der Waals surface area contributed by atoms with E-state index in [-0.39, 0.29) is 17.3 Å². The van der Waals surface area contributed by atoms with Gasteiger partial charge in [0.25, 0.3) is 0 Å². The number of aromatic carboxylic acids is 1. The summed E-state index contributed by atoms with van der Waals surface area (Å²) in [7, 11) is 0. The highest BCUT2D eigenvalue weighted by atomic mass is 19.1. The highest BCUT2D eigenvalue weighted by Crippen LogP contribution is 2.42. The monoisotopic (exact) mass is 260 g/mol. The molecule has 5 heteroatoms. The lowest BCUT2D eigenvalue weighted by atomic mass is 10.1. The Hall–Kier alpha value is -2.17. The highest BCUT2D eigenvalue weighted by molar-refractivity contribution is 5.90. The number of halogens is 1. The number of hydrogen-bond acceptors (Lipinski definition) is 2. The Labute approximate surface area is 109 Å². The van der Waals surface area contributed by atoms with Crippen LogP contribution in [0.2, 0.25) is 0 Å². The van der Waals surface area contributed by atoms with Gasteiger partial charge >= 0.3 is 5.97 Å². The van der Waals surface area contributed by atoms with E-state index in [9.17, 15) is 14.3 Å². The van der Waals surface area contributed by atoms with E-state index in [0.29, 0.717) is 17.1 Å². The van der Waals surface area contributed by atoms with Gasteiger partial charge in [0.15, 0.2) is 0 Å². The maximum atomic E-state index is 13.3. The average molecular weight is 260 g/mol. The van der Waals surface area contributed by atoms with Crippen LogP contribution in [0.25, 0.3) is 5.69 Å². The van der Waals surface area contributed by atoms with Gasteiger partial charge in [-0.15, -0.1) is 0 Å². The Bertz CT molecular complexity index is 659. The van der Waals surface area contributed by atoms with Crippen LogP contribution < -0.4 is 0 Å². The number of nitrogens with zero attached hydrogens (tertiary/aromatic N) is 2. The summed E-state index contributed by atoms with van der Waals surface area (Å²) in [6.45, 7) is 1.70. The van der Waals surface area contributed by atoms with Crippen LogP contribution in [-0.2, 0) is 0 Å². The molecule has 0 amide bonds. The molecule has 0 bridgehead atoms. The summed E-state index contributed by atoms with van der Waals surface area (Å²) in [6, 6.07) is 6.00. The Morgan fingerprint density at radius 1 is 1.47 bits per heavy atom. The third-order valence-corrected chi connectivity index (χ3v) is 3.37. The molecule has 1 N–H and O–H groups in total. The van der Waals surface area contributed by atoms with Crippen molar-refractivity contribution in [3.8, 4) is 5.69 Å². The number of benzene rings is 1. The van der Waals surface area contributed by atoms with Gasteiger partial charge in [-0.1, -0.05) is 6.07 Å². The molecule has 1 aliphatic carbocycles. The molecule has 3 rings (SSSR count). The van der Waals surface area contributed by atoms with Gasteiger partial charge in [0.1, 0.15) is 11.4 Å². The second kappa shape index (κ2) is 4.19. The van der Waals surface area contributed by atoms with Crippen LogP contribution in [0.1, 0.15) is 40.5 Å². The van der Waals surface area contributed by atoms with Crippen molar-refractivity contribution < 1.29 is 14.3 Å². The van der Waals surface area contributed by atoms with Crippen molar-refractivity contribution in [2.45, 2.75) is 25.7 Å². The van der Waals surface area contributed by atoms with Crippen LogP contribution >= 0.6 is 0 Å². The van der Waals surface area contributed by atoms with Crippen LogP contribution in [0, 0.1) is 12.7 Å². The SMILES string of the molecule is Cc1c(C(=O)O)c(C2CC2)nn1-c1cccc(F)c1. The minimum Gasteiger partial charge on any atom is -0.478 e. The molecule has 1 fully saturated rings. The van der Waals surface area contributed by atoms with Crippen LogP contribution in [0.5, 0.6) is 0 Å².